The molecule has 1 fully saturated rings. The number of aliphatic carboxylic acids is 1. The number of nitrogens with zero attached hydrogens (tertiary/aromatic N) is 2. The van der Waals surface area contributed by atoms with Gasteiger partial charge in [0, 0.05) is 31.7 Å². The van der Waals surface area contributed by atoms with Gasteiger partial charge in [-0.15, -0.1) is 0 Å². The van der Waals surface area contributed by atoms with E-state index in [1.54, 1.807) is 25.1 Å². The molecule has 2 rings (SSSR count). The van der Waals surface area contributed by atoms with Crippen LogP contribution in [-0.2, 0) is 10.3 Å². The summed E-state index contributed by atoms with van der Waals surface area (Å²) in [6, 6.07) is 6.21. The molecule has 1 aliphatic heterocycles. The molecule has 0 amide bonds. The third-order valence-corrected chi connectivity index (χ3v) is 4.23. The molecular weight excluding hydrogens is 259 g/mol. The monoisotopic (exact) mass is 280 g/mol. The molecule has 1 atom stereocenters. The van der Waals surface area contributed by atoms with Crippen LogP contribution >= 0.6 is 0 Å². The lowest BCUT2D eigenvalue weighted by molar-refractivity contribution is -0.154. The minimum absolute atomic E-state index is 0.263. The Morgan fingerprint density at radius 2 is 1.90 bits per heavy atom. The summed E-state index contributed by atoms with van der Waals surface area (Å²) in [5.41, 5.74) is -1.01. The average Bonchev–Trinajstić information content (AvgIpc) is 2.43. The Morgan fingerprint density at radius 3 is 2.40 bits per heavy atom. The lowest BCUT2D eigenvalue weighted by Gasteiger charge is -2.44. The Bertz CT molecular complexity index is 487. The molecule has 0 spiro atoms. The summed E-state index contributed by atoms with van der Waals surface area (Å²) in [5, 5.41) is 9.80. The number of benzene rings is 1. The molecule has 4 nitrogen and oxygen atoms in total. The van der Waals surface area contributed by atoms with Crippen LogP contribution in [0.3, 0.4) is 0 Å². The predicted octanol–water partition coefficient (Wildman–Crippen LogP) is 1.76. The van der Waals surface area contributed by atoms with Crippen LogP contribution in [0.15, 0.2) is 24.3 Å². The molecule has 1 aromatic carbocycles. The highest BCUT2D eigenvalue weighted by molar-refractivity contribution is 5.81. The van der Waals surface area contributed by atoms with Gasteiger partial charge in [0.1, 0.15) is 11.4 Å². The fraction of sp³-hybridized carbons (Fsp3) is 0.533. The largest absolute Gasteiger partial charge is 0.480 e. The molecule has 20 heavy (non-hydrogen) atoms. The Labute approximate surface area is 118 Å². The normalized spacial score (nSPS) is 20.6. The van der Waals surface area contributed by atoms with E-state index in [-0.39, 0.29) is 5.56 Å². The second-order valence-electron chi connectivity index (χ2n) is 5.29. The Kier molecular flexibility index (Phi) is 4.40. The van der Waals surface area contributed by atoms with Gasteiger partial charge in [-0.3, -0.25) is 4.90 Å². The molecule has 1 heterocycles. The van der Waals surface area contributed by atoms with Crippen molar-refractivity contribution in [3.63, 3.8) is 0 Å². The van der Waals surface area contributed by atoms with Gasteiger partial charge in [-0.1, -0.05) is 25.1 Å². The molecule has 1 unspecified atom stereocenters. The van der Waals surface area contributed by atoms with E-state index in [4.69, 9.17) is 0 Å². The van der Waals surface area contributed by atoms with E-state index in [0.717, 1.165) is 13.1 Å². The lowest BCUT2D eigenvalue weighted by Crippen LogP contribution is -2.58. The molecule has 1 aromatic rings. The van der Waals surface area contributed by atoms with Crippen LogP contribution in [0.25, 0.3) is 0 Å². The SMILES string of the molecule is CCC(C(=O)O)(c1ccccc1F)N1CCN(C)CC1. The van der Waals surface area contributed by atoms with Crippen molar-refractivity contribution < 1.29 is 14.3 Å². The standard InChI is InChI=1S/C15H21FN2O2/c1-3-15(14(19)20,12-6-4-5-7-13(12)16)18-10-8-17(2)9-11-18/h4-7H,3,8-11H2,1-2H3,(H,19,20). The minimum Gasteiger partial charge on any atom is -0.480 e. The smallest absolute Gasteiger partial charge is 0.328 e. The van der Waals surface area contributed by atoms with Crippen LogP contribution in [0.1, 0.15) is 18.9 Å². The van der Waals surface area contributed by atoms with E-state index >= 15 is 0 Å². The van der Waals surface area contributed by atoms with Gasteiger partial charge >= 0.3 is 5.97 Å². The molecule has 5 heteroatoms. The van der Waals surface area contributed by atoms with Gasteiger partial charge in [-0.05, 0) is 19.5 Å². The van der Waals surface area contributed by atoms with Crippen molar-refractivity contribution in [2.24, 2.45) is 0 Å². The molecule has 0 bridgehead atoms. The predicted molar refractivity (Wildman–Crippen MR) is 75.1 cm³/mol. The molecule has 0 radical (unpaired) electrons. The van der Waals surface area contributed by atoms with Gasteiger partial charge in [0.25, 0.3) is 0 Å². The fourth-order valence-electron chi connectivity index (χ4n) is 2.97. The number of halogens is 1. The van der Waals surface area contributed by atoms with Crippen molar-refractivity contribution in [3.8, 4) is 0 Å². The molecule has 0 aromatic heterocycles. The Hall–Kier alpha value is -1.46. The minimum atomic E-state index is -1.27. The number of carboxylic acids is 1. The zero-order valence-electron chi connectivity index (χ0n) is 12.0. The van der Waals surface area contributed by atoms with Crippen LogP contribution in [0, 0.1) is 5.82 Å². The molecule has 1 N–H and O–H groups in total. The van der Waals surface area contributed by atoms with Gasteiger partial charge in [0.2, 0.25) is 0 Å². The Morgan fingerprint density at radius 1 is 1.30 bits per heavy atom. The third kappa shape index (κ3) is 2.43. The fourth-order valence-corrected chi connectivity index (χ4v) is 2.97. The van der Waals surface area contributed by atoms with Gasteiger partial charge in [0.15, 0.2) is 0 Å². The summed E-state index contributed by atoms with van der Waals surface area (Å²) in [4.78, 5) is 16.0. The number of rotatable bonds is 4. The highest BCUT2D eigenvalue weighted by Crippen LogP contribution is 2.35. The number of hydrogen-bond acceptors (Lipinski definition) is 3. The van der Waals surface area contributed by atoms with Gasteiger partial charge in [-0.25, -0.2) is 9.18 Å². The number of carboxylic acid groups (broad SMARTS) is 1. The maximum Gasteiger partial charge on any atom is 0.328 e. The van der Waals surface area contributed by atoms with Crippen LogP contribution in [0.5, 0.6) is 0 Å². The second-order valence-corrected chi connectivity index (χ2v) is 5.29. The second kappa shape index (κ2) is 5.89. The first-order valence-corrected chi connectivity index (χ1v) is 6.94. The van der Waals surface area contributed by atoms with Crippen molar-refractivity contribution in [1.82, 2.24) is 9.80 Å². The molecule has 1 aliphatic rings. The van der Waals surface area contributed by atoms with Crippen molar-refractivity contribution in [2.45, 2.75) is 18.9 Å². The number of likely N-dealkylation sites (N-methyl/N-ethyl adjacent to an activating group) is 1. The Balaban J connectivity index is 2.46. The van der Waals surface area contributed by atoms with E-state index in [0.29, 0.717) is 19.5 Å². The summed E-state index contributed by atoms with van der Waals surface area (Å²) in [6.45, 7) is 4.65. The zero-order chi connectivity index (χ0) is 14.8. The summed E-state index contributed by atoms with van der Waals surface area (Å²) in [6.07, 6.45) is 0.340. The molecule has 0 aliphatic carbocycles. The molecule has 0 saturated carbocycles. The van der Waals surface area contributed by atoms with Crippen LogP contribution in [0.4, 0.5) is 4.39 Å². The maximum atomic E-state index is 14.2. The highest BCUT2D eigenvalue weighted by atomic mass is 19.1. The lowest BCUT2D eigenvalue weighted by atomic mass is 9.84. The van der Waals surface area contributed by atoms with Crippen LogP contribution in [-0.4, -0.2) is 54.1 Å². The first kappa shape index (κ1) is 14.9. The van der Waals surface area contributed by atoms with Gasteiger partial charge in [0.05, 0.1) is 0 Å². The highest BCUT2D eigenvalue weighted by Gasteiger charge is 2.46. The zero-order valence-corrected chi connectivity index (χ0v) is 12.0. The average molecular weight is 280 g/mol. The third-order valence-electron chi connectivity index (χ3n) is 4.23. The number of carbonyl (C=O) groups is 1. The van der Waals surface area contributed by atoms with Crippen molar-refractivity contribution in [1.29, 1.82) is 0 Å². The number of hydrogen-bond donors (Lipinski definition) is 1. The molecule has 1 saturated heterocycles. The summed E-state index contributed by atoms with van der Waals surface area (Å²) >= 11 is 0. The quantitative estimate of drug-likeness (QED) is 0.913. The first-order valence-electron chi connectivity index (χ1n) is 6.94. The van der Waals surface area contributed by atoms with Crippen LogP contribution < -0.4 is 0 Å². The van der Waals surface area contributed by atoms with Crippen molar-refractivity contribution in [3.05, 3.63) is 35.6 Å². The first-order chi connectivity index (χ1) is 9.52. The van der Waals surface area contributed by atoms with E-state index in [1.807, 2.05) is 11.9 Å². The number of piperazine rings is 1. The van der Waals surface area contributed by atoms with E-state index in [9.17, 15) is 14.3 Å². The summed E-state index contributed by atoms with van der Waals surface area (Å²) in [7, 11) is 2.01. The maximum absolute atomic E-state index is 14.2. The van der Waals surface area contributed by atoms with Gasteiger partial charge in [-0.2, -0.15) is 0 Å². The van der Waals surface area contributed by atoms with E-state index in [1.165, 1.54) is 6.07 Å². The van der Waals surface area contributed by atoms with Gasteiger partial charge < -0.3 is 10.0 Å². The van der Waals surface area contributed by atoms with Crippen LogP contribution in [0.2, 0.25) is 0 Å². The topological polar surface area (TPSA) is 43.8 Å². The summed E-state index contributed by atoms with van der Waals surface area (Å²) in [5.74, 6) is -1.43. The summed E-state index contributed by atoms with van der Waals surface area (Å²) < 4.78 is 14.2. The van der Waals surface area contributed by atoms with Crippen molar-refractivity contribution in [2.75, 3.05) is 33.2 Å². The van der Waals surface area contributed by atoms with E-state index in [2.05, 4.69) is 4.90 Å². The molecular formula is C15H21FN2O2. The van der Waals surface area contributed by atoms with E-state index < -0.39 is 17.3 Å². The van der Waals surface area contributed by atoms with Crippen molar-refractivity contribution >= 4 is 5.97 Å². The molecule has 110 valence electrons.